The van der Waals surface area contributed by atoms with Crippen molar-refractivity contribution in [3.63, 3.8) is 0 Å². The molecule has 0 rings (SSSR count). The first-order valence-corrected chi connectivity index (χ1v) is 2.89. The molecule has 0 aromatic heterocycles. The highest BCUT2D eigenvalue weighted by Gasteiger charge is 1.78. The highest BCUT2D eigenvalue weighted by Crippen LogP contribution is 2.03. The number of rotatable bonds is 0. The normalized spacial score (nSPS) is 7.62. The third-order valence-electron chi connectivity index (χ3n) is 0. The molecule has 1 N–H and O–H groups in total. The van der Waals surface area contributed by atoms with E-state index in [-0.39, 0.29) is 0 Å². The molecule has 2 nitrogen and oxygen atoms in total. The van der Waals surface area contributed by atoms with E-state index in [1.165, 1.54) is 0 Å². The number of carbonyl (C=O) groups is 1. The molecule has 0 radical (unpaired) electrons. The highest BCUT2D eigenvalue weighted by molar-refractivity contribution is 6.63. The molecule has 0 saturated heterocycles. The van der Waals surface area contributed by atoms with Gasteiger partial charge in [0, 0.05) is 6.92 Å². The second-order valence-corrected chi connectivity index (χ2v) is 2.75. The summed E-state index contributed by atoms with van der Waals surface area (Å²) < 4.78 is -0.750. The van der Waals surface area contributed by atoms with Crippen LogP contribution in [0.1, 0.15) is 6.92 Å². The number of halogens is 3. The van der Waals surface area contributed by atoms with E-state index in [9.17, 15) is 0 Å². The molecule has 0 heterocycles. The fraction of sp³-hybridized carbons (Fsp3) is 0.667. The van der Waals surface area contributed by atoms with Crippen molar-refractivity contribution in [1.29, 1.82) is 0 Å². The Bertz CT molecular complexity index is 56.8. The molecule has 8 heavy (non-hydrogen) atoms. The lowest BCUT2D eigenvalue weighted by atomic mass is 10.9. The minimum atomic E-state index is -0.833. The summed E-state index contributed by atoms with van der Waals surface area (Å²) >= 11 is 14.4. The third kappa shape index (κ3) is 1560. The van der Waals surface area contributed by atoms with E-state index in [0.717, 1.165) is 6.92 Å². The van der Waals surface area contributed by atoms with Crippen LogP contribution < -0.4 is 0 Å². The monoisotopic (exact) mass is 178 g/mol. The van der Waals surface area contributed by atoms with Crippen LogP contribution >= 0.6 is 34.8 Å². The second kappa shape index (κ2) is 7.34. The maximum Gasteiger partial charge on any atom is 0.300 e. The molecule has 5 heteroatoms. The first-order valence-electron chi connectivity index (χ1n) is 1.58. The quantitative estimate of drug-likeness (QED) is 0.578. The molecule has 0 amide bonds. The van der Waals surface area contributed by atoms with Crippen molar-refractivity contribution in [2.24, 2.45) is 0 Å². The lowest BCUT2D eigenvalue weighted by molar-refractivity contribution is -0.134. The van der Waals surface area contributed by atoms with Crippen molar-refractivity contribution in [3.8, 4) is 0 Å². The van der Waals surface area contributed by atoms with Crippen LogP contribution in [-0.2, 0) is 4.79 Å². The van der Waals surface area contributed by atoms with Gasteiger partial charge >= 0.3 is 0 Å². The van der Waals surface area contributed by atoms with Gasteiger partial charge in [0.1, 0.15) is 0 Å². The number of hydrogen-bond acceptors (Lipinski definition) is 1. The van der Waals surface area contributed by atoms with Crippen LogP contribution in [-0.4, -0.2) is 15.4 Å². The summed E-state index contributed by atoms with van der Waals surface area (Å²) in [5.41, 5.74) is 0. The van der Waals surface area contributed by atoms with Gasteiger partial charge in [-0.2, -0.15) is 0 Å². The Morgan fingerprint density at radius 1 is 1.50 bits per heavy atom. The summed E-state index contributed by atoms with van der Waals surface area (Å²) in [6.45, 7) is 1.08. The molecule has 0 atom stereocenters. The van der Waals surface area contributed by atoms with Crippen LogP contribution in [0, 0.1) is 0 Å². The zero-order valence-electron chi connectivity index (χ0n) is 4.07. The Morgan fingerprint density at radius 2 is 1.50 bits per heavy atom. The number of aliphatic carboxylic acids is 1. The molecule has 0 fully saturated rings. The SMILES string of the molecule is CC(=O)O.ClC(Cl)Cl. The van der Waals surface area contributed by atoms with Crippen LogP contribution in [0.2, 0.25) is 0 Å². The van der Waals surface area contributed by atoms with E-state index in [0.29, 0.717) is 0 Å². The topological polar surface area (TPSA) is 37.3 Å². The van der Waals surface area contributed by atoms with Crippen molar-refractivity contribution in [1.82, 2.24) is 0 Å². The summed E-state index contributed by atoms with van der Waals surface area (Å²) in [4.78, 5) is 9.00. The van der Waals surface area contributed by atoms with Crippen LogP contribution in [0.15, 0.2) is 0 Å². The van der Waals surface area contributed by atoms with Gasteiger partial charge in [0.2, 0.25) is 0 Å². The van der Waals surface area contributed by atoms with E-state index in [2.05, 4.69) is 0 Å². The molecular formula is C3H5Cl3O2. The van der Waals surface area contributed by atoms with Crippen molar-refractivity contribution in [2.45, 2.75) is 11.2 Å². The van der Waals surface area contributed by atoms with E-state index in [1.807, 2.05) is 0 Å². The number of carboxylic acid groups (broad SMARTS) is 1. The zero-order valence-corrected chi connectivity index (χ0v) is 6.33. The molecule has 0 aliphatic rings. The van der Waals surface area contributed by atoms with Gasteiger partial charge in [0.25, 0.3) is 5.97 Å². The maximum atomic E-state index is 9.00. The number of carboxylic acids is 1. The van der Waals surface area contributed by atoms with Crippen LogP contribution in [0.25, 0.3) is 0 Å². The third-order valence-corrected chi connectivity index (χ3v) is 0. The first kappa shape index (κ1) is 11.2. The average molecular weight is 179 g/mol. The number of alkyl halides is 3. The van der Waals surface area contributed by atoms with Crippen LogP contribution in [0.3, 0.4) is 0 Å². The maximum absolute atomic E-state index is 9.00. The van der Waals surface area contributed by atoms with E-state index < -0.39 is 10.3 Å². The molecule has 50 valence electrons. The fourth-order valence-electron chi connectivity index (χ4n) is 0. The second-order valence-electron chi connectivity index (χ2n) is 0.766. The largest absolute Gasteiger partial charge is 0.481 e. The van der Waals surface area contributed by atoms with E-state index >= 15 is 0 Å². The molecular weight excluding hydrogens is 174 g/mol. The molecule has 0 bridgehead atoms. The van der Waals surface area contributed by atoms with Gasteiger partial charge in [0.05, 0.1) is 0 Å². The van der Waals surface area contributed by atoms with Crippen molar-refractivity contribution >= 4 is 40.8 Å². The predicted octanol–water partition coefficient (Wildman–Crippen LogP) is 2.08. The summed E-state index contributed by atoms with van der Waals surface area (Å²) in [6, 6.07) is 0. The average Bonchev–Trinajstić information content (AvgIpc) is 1.25. The van der Waals surface area contributed by atoms with Gasteiger partial charge in [-0.25, -0.2) is 0 Å². The number of hydrogen-bond donors (Lipinski definition) is 1. The lowest BCUT2D eigenvalue weighted by Crippen LogP contribution is -1.78. The molecule has 0 aromatic carbocycles. The summed E-state index contributed by atoms with van der Waals surface area (Å²) in [6.07, 6.45) is 0. The minimum absolute atomic E-state index is 0.750. The van der Waals surface area contributed by atoms with Crippen molar-refractivity contribution in [2.75, 3.05) is 0 Å². The van der Waals surface area contributed by atoms with Gasteiger partial charge in [0.15, 0.2) is 4.30 Å². The molecule has 0 aliphatic carbocycles. The Kier molecular flexibility index (Phi) is 10.3. The molecule has 0 spiro atoms. The van der Waals surface area contributed by atoms with Crippen molar-refractivity contribution < 1.29 is 9.90 Å². The fourth-order valence-corrected chi connectivity index (χ4v) is 0. The van der Waals surface area contributed by atoms with Gasteiger partial charge in [-0.3, -0.25) is 4.79 Å². The Labute approximate surface area is 62.3 Å². The summed E-state index contributed by atoms with van der Waals surface area (Å²) in [5.74, 6) is -0.833. The standard InChI is InChI=1S/C2H4O2.CHCl3/c1-2(3)4;2-1(3)4/h1H3,(H,3,4);1H. The highest BCUT2D eigenvalue weighted by atomic mass is 35.6. The molecule has 0 aliphatic heterocycles. The Morgan fingerprint density at radius 3 is 1.50 bits per heavy atom. The minimum Gasteiger partial charge on any atom is -0.481 e. The van der Waals surface area contributed by atoms with Gasteiger partial charge in [-0.1, -0.05) is 34.8 Å². The summed E-state index contributed by atoms with van der Waals surface area (Å²) in [5, 5.41) is 7.42. The molecule has 0 saturated carbocycles. The van der Waals surface area contributed by atoms with E-state index in [1.54, 1.807) is 0 Å². The first-order chi connectivity index (χ1) is 3.46. The van der Waals surface area contributed by atoms with Crippen LogP contribution in [0.4, 0.5) is 0 Å². The van der Waals surface area contributed by atoms with Crippen LogP contribution in [0.5, 0.6) is 0 Å². The van der Waals surface area contributed by atoms with Crippen molar-refractivity contribution in [3.05, 3.63) is 0 Å². The van der Waals surface area contributed by atoms with E-state index in [4.69, 9.17) is 44.7 Å². The Hall–Kier alpha value is 0.340. The Balaban J connectivity index is 0. The summed E-state index contributed by atoms with van der Waals surface area (Å²) in [7, 11) is 0. The molecule has 0 unspecified atom stereocenters. The zero-order chi connectivity index (χ0) is 7.15. The predicted molar refractivity (Wildman–Crippen MR) is 34.7 cm³/mol. The van der Waals surface area contributed by atoms with Gasteiger partial charge in [-0.05, 0) is 0 Å². The van der Waals surface area contributed by atoms with Gasteiger partial charge in [-0.15, -0.1) is 0 Å². The molecule has 0 aromatic rings. The van der Waals surface area contributed by atoms with Gasteiger partial charge < -0.3 is 5.11 Å². The smallest absolute Gasteiger partial charge is 0.300 e. The lowest BCUT2D eigenvalue weighted by Gasteiger charge is -1.69.